The lowest BCUT2D eigenvalue weighted by atomic mass is 9.98. The minimum absolute atomic E-state index is 0.0841. The predicted octanol–water partition coefficient (Wildman–Crippen LogP) is 6.70. The fraction of sp³-hybridized carbons (Fsp3) is 0.179. The minimum Gasteiger partial charge on any atom is -0.496 e. The molecular weight excluding hydrogens is 398 g/mol. The van der Waals surface area contributed by atoms with Crippen molar-refractivity contribution in [3.8, 4) is 16.9 Å². The smallest absolute Gasteiger partial charge is 0.244 e. The molecule has 1 N–H and O–H groups in total. The molecule has 0 saturated carbocycles. The quantitative estimate of drug-likeness (QED) is 0.350. The molecule has 0 aliphatic rings. The normalized spacial score (nSPS) is 12.6. The zero-order chi connectivity index (χ0) is 22.7. The van der Waals surface area contributed by atoms with Crippen molar-refractivity contribution in [3.05, 3.63) is 95.8 Å². The van der Waals surface area contributed by atoms with Crippen LogP contribution >= 0.6 is 0 Å². The molecule has 1 aromatic heterocycles. The number of fused-ring (bicyclic) bond motifs is 1. The Morgan fingerprint density at radius 3 is 2.47 bits per heavy atom. The first-order chi connectivity index (χ1) is 15.5. The lowest BCUT2D eigenvalue weighted by Gasteiger charge is -2.14. The third kappa shape index (κ3) is 4.45. The molecule has 1 amide bonds. The Hall–Kier alpha value is -3.79. The van der Waals surface area contributed by atoms with Crippen LogP contribution in [0.2, 0.25) is 0 Å². The van der Waals surface area contributed by atoms with Crippen LogP contribution in [0.5, 0.6) is 5.75 Å². The summed E-state index contributed by atoms with van der Waals surface area (Å²) in [6.45, 7) is 5.96. The Balaban J connectivity index is 1.66. The van der Waals surface area contributed by atoms with Crippen LogP contribution in [0.25, 0.3) is 27.7 Å². The Bertz CT molecular complexity index is 1270. The second kappa shape index (κ2) is 9.15. The van der Waals surface area contributed by atoms with Crippen LogP contribution in [-0.4, -0.2) is 13.0 Å². The van der Waals surface area contributed by atoms with Crippen molar-refractivity contribution in [3.63, 3.8) is 0 Å². The number of furan rings is 1. The Morgan fingerprint density at radius 1 is 1.06 bits per heavy atom. The number of hydrogen-bond donors (Lipinski definition) is 1. The summed E-state index contributed by atoms with van der Waals surface area (Å²) < 4.78 is 11.4. The number of rotatable bonds is 6. The first-order valence-electron chi connectivity index (χ1n) is 10.7. The van der Waals surface area contributed by atoms with Crippen LogP contribution in [-0.2, 0) is 4.79 Å². The molecule has 0 bridgehead atoms. The van der Waals surface area contributed by atoms with Gasteiger partial charge in [-0.2, -0.15) is 0 Å². The lowest BCUT2D eigenvalue weighted by molar-refractivity contribution is -0.117. The van der Waals surface area contributed by atoms with E-state index in [0.29, 0.717) is 5.75 Å². The van der Waals surface area contributed by atoms with Gasteiger partial charge in [0.15, 0.2) is 0 Å². The highest BCUT2D eigenvalue weighted by molar-refractivity contribution is 6.00. The van der Waals surface area contributed by atoms with Gasteiger partial charge in [0.25, 0.3) is 0 Å². The predicted molar refractivity (Wildman–Crippen MR) is 130 cm³/mol. The maximum atomic E-state index is 12.7. The highest BCUT2D eigenvalue weighted by Gasteiger charge is 2.15. The molecule has 162 valence electrons. The SMILES string of the molecule is COc1cc2occ(-c3ccc(C)cc3)c2cc1/C(C)=C/C(=O)NC(C)c1ccccc1. The van der Waals surface area contributed by atoms with E-state index in [2.05, 4.69) is 36.5 Å². The van der Waals surface area contributed by atoms with E-state index >= 15 is 0 Å². The molecule has 4 rings (SSSR count). The van der Waals surface area contributed by atoms with Crippen LogP contribution in [0.15, 0.2) is 83.5 Å². The van der Waals surface area contributed by atoms with E-state index in [1.54, 1.807) is 19.4 Å². The molecule has 0 spiro atoms. The van der Waals surface area contributed by atoms with Gasteiger partial charge >= 0.3 is 0 Å². The van der Waals surface area contributed by atoms with Crippen molar-refractivity contribution >= 4 is 22.4 Å². The van der Waals surface area contributed by atoms with Gasteiger partial charge in [0.1, 0.15) is 11.3 Å². The fourth-order valence-corrected chi connectivity index (χ4v) is 3.84. The number of amides is 1. The van der Waals surface area contributed by atoms with Crippen molar-refractivity contribution in [2.24, 2.45) is 0 Å². The summed E-state index contributed by atoms with van der Waals surface area (Å²) in [5.74, 6) is 0.520. The van der Waals surface area contributed by atoms with Gasteiger partial charge in [-0.25, -0.2) is 0 Å². The molecule has 0 aliphatic heterocycles. The average molecular weight is 426 g/mol. The summed E-state index contributed by atoms with van der Waals surface area (Å²) >= 11 is 0. The van der Waals surface area contributed by atoms with Crippen molar-refractivity contribution < 1.29 is 13.9 Å². The second-order valence-electron chi connectivity index (χ2n) is 8.03. The number of aryl methyl sites for hydroxylation is 1. The average Bonchev–Trinajstić information content (AvgIpc) is 3.22. The van der Waals surface area contributed by atoms with Gasteiger partial charge in [-0.15, -0.1) is 0 Å². The molecule has 0 fully saturated rings. The van der Waals surface area contributed by atoms with E-state index in [0.717, 1.165) is 38.8 Å². The largest absolute Gasteiger partial charge is 0.496 e. The van der Waals surface area contributed by atoms with Gasteiger partial charge in [0.05, 0.1) is 19.4 Å². The van der Waals surface area contributed by atoms with Crippen molar-refractivity contribution in [1.29, 1.82) is 0 Å². The summed E-state index contributed by atoms with van der Waals surface area (Å²) in [5.41, 5.74) is 6.79. The van der Waals surface area contributed by atoms with E-state index in [-0.39, 0.29) is 11.9 Å². The summed E-state index contributed by atoms with van der Waals surface area (Å²) in [5, 5.41) is 4.02. The van der Waals surface area contributed by atoms with Crippen molar-refractivity contribution in [1.82, 2.24) is 5.32 Å². The topological polar surface area (TPSA) is 51.5 Å². The van der Waals surface area contributed by atoms with Gasteiger partial charge in [-0.3, -0.25) is 4.79 Å². The van der Waals surface area contributed by atoms with E-state index in [4.69, 9.17) is 9.15 Å². The Kier molecular flexibility index (Phi) is 6.13. The third-order valence-corrected chi connectivity index (χ3v) is 5.69. The van der Waals surface area contributed by atoms with Gasteiger partial charge in [0.2, 0.25) is 5.91 Å². The lowest BCUT2D eigenvalue weighted by Crippen LogP contribution is -2.24. The van der Waals surface area contributed by atoms with E-state index in [9.17, 15) is 4.79 Å². The molecule has 0 radical (unpaired) electrons. The van der Waals surface area contributed by atoms with Gasteiger partial charge in [-0.05, 0) is 43.5 Å². The molecule has 4 heteroatoms. The standard InChI is InChI=1S/C28H27NO3/c1-18-10-12-22(13-11-18)25-17-32-27-16-26(31-4)23(15-24(25)27)19(2)14-28(30)29-20(3)21-8-6-5-7-9-21/h5-17,20H,1-4H3,(H,29,30)/b19-14+. The van der Waals surface area contributed by atoms with Crippen LogP contribution in [0.3, 0.4) is 0 Å². The van der Waals surface area contributed by atoms with Crippen LogP contribution in [0, 0.1) is 6.92 Å². The molecule has 0 saturated heterocycles. The van der Waals surface area contributed by atoms with Gasteiger partial charge in [0, 0.05) is 28.7 Å². The maximum absolute atomic E-state index is 12.7. The molecule has 1 heterocycles. The second-order valence-corrected chi connectivity index (χ2v) is 8.03. The highest BCUT2D eigenvalue weighted by atomic mass is 16.5. The zero-order valence-electron chi connectivity index (χ0n) is 18.8. The number of benzene rings is 3. The molecular formula is C28H27NO3. The van der Waals surface area contributed by atoms with E-state index < -0.39 is 0 Å². The monoisotopic (exact) mass is 425 g/mol. The highest BCUT2D eigenvalue weighted by Crippen LogP contribution is 2.37. The number of hydrogen-bond acceptors (Lipinski definition) is 3. The van der Waals surface area contributed by atoms with Crippen LogP contribution < -0.4 is 10.1 Å². The number of carbonyl (C=O) groups is 1. The number of ether oxygens (including phenoxy) is 1. The van der Waals surface area contributed by atoms with Crippen molar-refractivity contribution in [2.45, 2.75) is 26.8 Å². The number of methoxy groups -OCH3 is 1. The summed E-state index contributed by atoms with van der Waals surface area (Å²) in [7, 11) is 1.62. The molecule has 0 aliphatic carbocycles. The Labute approximate surface area is 188 Å². The minimum atomic E-state index is -0.146. The number of carbonyl (C=O) groups excluding carboxylic acids is 1. The number of allylic oxidation sites excluding steroid dienone is 1. The van der Waals surface area contributed by atoms with Crippen LogP contribution in [0.1, 0.15) is 36.6 Å². The molecule has 3 aromatic carbocycles. The molecule has 4 nitrogen and oxygen atoms in total. The van der Waals surface area contributed by atoms with Crippen molar-refractivity contribution in [2.75, 3.05) is 7.11 Å². The van der Waals surface area contributed by atoms with E-state index in [1.165, 1.54) is 5.56 Å². The molecule has 4 aromatic rings. The van der Waals surface area contributed by atoms with Crippen LogP contribution in [0.4, 0.5) is 0 Å². The number of nitrogens with one attached hydrogen (secondary N) is 1. The first-order valence-corrected chi connectivity index (χ1v) is 10.7. The first kappa shape index (κ1) is 21.4. The summed E-state index contributed by atoms with van der Waals surface area (Å²) in [4.78, 5) is 12.7. The molecule has 32 heavy (non-hydrogen) atoms. The fourth-order valence-electron chi connectivity index (χ4n) is 3.84. The third-order valence-electron chi connectivity index (χ3n) is 5.69. The Morgan fingerprint density at radius 2 is 1.78 bits per heavy atom. The molecule has 1 atom stereocenters. The van der Waals surface area contributed by atoms with E-state index in [1.807, 2.05) is 56.3 Å². The summed E-state index contributed by atoms with van der Waals surface area (Å²) in [6, 6.07) is 22.1. The summed E-state index contributed by atoms with van der Waals surface area (Å²) in [6.07, 6.45) is 3.39. The maximum Gasteiger partial charge on any atom is 0.244 e. The van der Waals surface area contributed by atoms with Gasteiger partial charge < -0.3 is 14.5 Å². The molecule has 1 unspecified atom stereocenters. The zero-order valence-corrected chi connectivity index (χ0v) is 18.8. The van der Waals surface area contributed by atoms with Gasteiger partial charge in [-0.1, -0.05) is 60.2 Å².